The quantitative estimate of drug-likeness (QED) is 0.893. The topological polar surface area (TPSA) is 38.3 Å². The van der Waals surface area contributed by atoms with Crippen LogP contribution in [-0.4, -0.2) is 11.7 Å². The van der Waals surface area contributed by atoms with Crippen LogP contribution in [0.5, 0.6) is 0 Å². The second-order valence-electron chi connectivity index (χ2n) is 4.55. The zero-order chi connectivity index (χ0) is 12.3. The van der Waals surface area contributed by atoms with Crippen molar-refractivity contribution >= 4 is 33.4 Å². The van der Waals surface area contributed by atoms with Crippen molar-refractivity contribution in [1.82, 2.24) is 5.32 Å². The first kappa shape index (κ1) is 13.5. The van der Waals surface area contributed by atoms with Crippen LogP contribution in [0.4, 0.5) is 4.79 Å². The maximum absolute atomic E-state index is 11.5. The lowest BCUT2D eigenvalue weighted by molar-refractivity contribution is 0.0508. The molecule has 0 saturated carbocycles. The molecular formula is C11H16BrNO2S. The average molecular weight is 306 g/mol. The number of carbonyl (C=O) groups excluding carboxylic acids is 1. The molecular weight excluding hydrogens is 290 g/mol. The molecule has 1 rings (SSSR count). The Morgan fingerprint density at radius 2 is 2.19 bits per heavy atom. The highest BCUT2D eigenvalue weighted by molar-refractivity contribution is 9.11. The Balaban J connectivity index is 2.52. The molecule has 0 aliphatic rings. The minimum absolute atomic E-state index is 0.0441. The Morgan fingerprint density at radius 1 is 1.56 bits per heavy atom. The van der Waals surface area contributed by atoms with E-state index in [1.165, 1.54) is 0 Å². The third kappa shape index (κ3) is 4.53. The summed E-state index contributed by atoms with van der Waals surface area (Å²) in [6.45, 7) is 7.47. The molecule has 0 aromatic carbocycles. The second kappa shape index (κ2) is 5.19. The summed E-state index contributed by atoms with van der Waals surface area (Å²) < 4.78 is 6.23. The maximum Gasteiger partial charge on any atom is 0.408 e. The Morgan fingerprint density at radius 3 is 2.62 bits per heavy atom. The number of hydrogen-bond acceptors (Lipinski definition) is 3. The highest BCUT2D eigenvalue weighted by Crippen LogP contribution is 2.25. The Bertz CT molecular complexity index is 370. The van der Waals surface area contributed by atoms with Gasteiger partial charge in [-0.05, 0) is 60.6 Å². The fraction of sp³-hybridized carbons (Fsp3) is 0.545. The monoisotopic (exact) mass is 305 g/mol. The summed E-state index contributed by atoms with van der Waals surface area (Å²) in [5, 5.41) is 4.80. The normalized spacial score (nSPS) is 13.3. The first-order chi connectivity index (χ1) is 7.28. The van der Waals surface area contributed by atoms with Crippen LogP contribution in [0.3, 0.4) is 0 Å². The van der Waals surface area contributed by atoms with Gasteiger partial charge in [-0.25, -0.2) is 4.79 Å². The molecule has 1 aromatic rings. The van der Waals surface area contributed by atoms with E-state index in [9.17, 15) is 4.79 Å². The zero-order valence-corrected chi connectivity index (χ0v) is 12.2. The van der Waals surface area contributed by atoms with E-state index in [-0.39, 0.29) is 12.1 Å². The lowest BCUT2D eigenvalue weighted by Gasteiger charge is -2.21. The van der Waals surface area contributed by atoms with Gasteiger partial charge in [0.1, 0.15) is 5.60 Å². The number of alkyl carbamates (subject to hydrolysis) is 1. The first-order valence-corrected chi connectivity index (χ1v) is 6.68. The Hall–Kier alpha value is -0.550. The third-order valence-electron chi connectivity index (χ3n) is 1.82. The largest absolute Gasteiger partial charge is 0.444 e. The number of rotatable bonds is 2. The summed E-state index contributed by atoms with van der Waals surface area (Å²) in [4.78, 5) is 11.5. The molecule has 0 aliphatic heterocycles. The molecule has 1 amide bonds. The van der Waals surface area contributed by atoms with Crippen molar-refractivity contribution in [2.45, 2.75) is 39.3 Å². The minimum atomic E-state index is -0.459. The predicted octanol–water partition coefficient (Wildman–Crippen LogP) is 4.10. The minimum Gasteiger partial charge on any atom is -0.444 e. The van der Waals surface area contributed by atoms with Crippen molar-refractivity contribution in [3.8, 4) is 0 Å². The van der Waals surface area contributed by atoms with Crippen LogP contribution in [-0.2, 0) is 4.74 Å². The number of hydrogen-bond donors (Lipinski definition) is 1. The summed E-state index contributed by atoms with van der Waals surface area (Å²) in [5.41, 5.74) is 0.613. The van der Waals surface area contributed by atoms with E-state index < -0.39 is 5.60 Å². The van der Waals surface area contributed by atoms with Crippen LogP contribution in [0.2, 0.25) is 0 Å². The number of nitrogens with one attached hydrogen (secondary N) is 1. The summed E-state index contributed by atoms with van der Waals surface area (Å²) in [7, 11) is 0. The highest BCUT2D eigenvalue weighted by Gasteiger charge is 2.18. The number of halogens is 1. The van der Waals surface area contributed by atoms with Gasteiger partial charge < -0.3 is 10.1 Å². The molecule has 1 N–H and O–H groups in total. The summed E-state index contributed by atoms with van der Waals surface area (Å²) in [6, 6.07) is 1.95. The molecule has 90 valence electrons. The van der Waals surface area contributed by atoms with Crippen LogP contribution >= 0.6 is 27.3 Å². The summed E-state index contributed by atoms with van der Waals surface area (Å²) in [6.07, 6.45) is -0.387. The molecule has 16 heavy (non-hydrogen) atoms. The predicted molar refractivity (Wildman–Crippen MR) is 69.8 cm³/mol. The molecule has 0 fully saturated rings. The van der Waals surface area contributed by atoms with Gasteiger partial charge in [0.05, 0.1) is 9.83 Å². The van der Waals surface area contributed by atoms with Crippen molar-refractivity contribution < 1.29 is 9.53 Å². The Labute approximate surface area is 108 Å². The molecule has 1 atom stereocenters. The molecule has 0 saturated heterocycles. The van der Waals surface area contributed by atoms with Crippen LogP contribution in [0.25, 0.3) is 0 Å². The van der Waals surface area contributed by atoms with Crippen molar-refractivity contribution in [2.24, 2.45) is 0 Å². The van der Waals surface area contributed by atoms with Gasteiger partial charge in [-0.15, -0.1) is 11.3 Å². The molecule has 0 bridgehead atoms. The summed E-state index contributed by atoms with van der Waals surface area (Å²) in [5.74, 6) is 0. The highest BCUT2D eigenvalue weighted by atomic mass is 79.9. The standard InChI is InChI=1S/C11H16BrNO2S/c1-7(8-5-9(12)16-6-8)13-10(14)15-11(2,3)4/h5-7H,1-4H3,(H,13,14)/t7-/m1/s1. The molecule has 0 unspecified atom stereocenters. The molecule has 0 radical (unpaired) electrons. The van der Waals surface area contributed by atoms with E-state index >= 15 is 0 Å². The molecule has 0 spiro atoms. The van der Waals surface area contributed by atoms with Crippen molar-refractivity contribution in [2.75, 3.05) is 0 Å². The van der Waals surface area contributed by atoms with Crippen LogP contribution in [0.1, 0.15) is 39.3 Å². The second-order valence-corrected chi connectivity index (χ2v) is 6.84. The first-order valence-electron chi connectivity index (χ1n) is 5.01. The van der Waals surface area contributed by atoms with Crippen LogP contribution in [0.15, 0.2) is 15.2 Å². The maximum atomic E-state index is 11.5. The van der Waals surface area contributed by atoms with E-state index in [1.54, 1.807) is 11.3 Å². The number of ether oxygens (including phenoxy) is 1. The van der Waals surface area contributed by atoms with E-state index in [0.717, 1.165) is 9.35 Å². The van der Waals surface area contributed by atoms with E-state index in [0.29, 0.717) is 0 Å². The SMILES string of the molecule is C[C@@H](NC(=O)OC(C)(C)C)c1csc(Br)c1. The number of carbonyl (C=O) groups is 1. The van der Waals surface area contributed by atoms with E-state index in [1.807, 2.05) is 39.1 Å². The molecule has 3 nitrogen and oxygen atoms in total. The summed E-state index contributed by atoms with van der Waals surface area (Å²) >= 11 is 4.99. The smallest absolute Gasteiger partial charge is 0.408 e. The van der Waals surface area contributed by atoms with E-state index in [2.05, 4.69) is 21.2 Å². The fourth-order valence-electron chi connectivity index (χ4n) is 1.12. The van der Waals surface area contributed by atoms with Gasteiger partial charge in [-0.3, -0.25) is 0 Å². The lowest BCUT2D eigenvalue weighted by Crippen LogP contribution is -2.33. The number of amides is 1. The molecule has 1 heterocycles. The lowest BCUT2D eigenvalue weighted by atomic mass is 10.2. The van der Waals surface area contributed by atoms with Gasteiger partial charge in [0.25, 0.3) is 0 Å². The fourth-order valence-corrected chi connectivity index (χ4v) is 2.39. The van der Waals surface area contributed by atoms with Crippen molar-refractivity contribution in [3.63, 3.8) is 0 Å². The molecule has 5 heteroatoms. The molecule has 0 aliphatic carbocycles. The average Bonchev–Trinajstić information content (AvgIpc) is 2.47. The van der Waals surface area contributed by atoms with Crippen molar-refractivity contribution in [1.29, 1.82) is 0 Å². The van der Waals surface area contributed by atoms with Crippen LogP contribution in [0, 0.1) is 0 Å². The Kier molecular flexibility index (Phi) is 4.38. The van der Waals surface area contributed by atoms with Gasteiger partial charge in [-0.1, -0.05) is 0 Å². The number of thiophene rings is 1. The van der Waals surface area contributed by atoms with Gasteiger partial charge in [-0.2, -0.15) is 0 Å². The van der Waals surface area contributed by atoms with Gasteiger partial charge in [0, 0.05) is 0 Å². The van der Waals surface area contributed by atoms with Gasteiger partial charge in [0.2, 0.25) is 0 Å². The third-order valence-corrected chi connectivity index (χ3v) is 3.34. The van der Waals surface area contributed by atoms with Crippen molar-refractivity contribution in [3.05, 3.63) is 20.8 Å². The van der Waals surface area contributed by atoms with E-state index in [4.69, 9.17) is 4.74 Å². The molecule has 1 aromatic heterocycles. The van der Waals surface area contributed by atoms with Crippen LogP contribution < -0.4 is 5.32 Å². The van der Waals surface area contributed by atoms with Gasteiger partial charge >= 0.3 is 6.09 Å². The van der Waals surface area contributed by atoms with Gasteiger partial charge in [0.15, 0.2) is 0 Å². The zero-order valence-electron chi connectivity index (χ0n) is 9.83.